The van der Waals surface area contributed by atoms with Crippen LogP contribution in [0.25, 0.3) is 0 Å². The summed E-state index contributed by atoms with van der Waals surface area (Å²) in [5, 5.41) is 7.35. The number of amides is 2. The molecule has 0 aliphatic rings. The largest absolute Gasteiger partial charge is 0.427 e. The van der Waals surface area contributed by atoms with Crippen molar-refractivity contribution >= 4 is 34.8 Å². The van der Waals surface area contributed by atoms with E-state index in [2.05, 4.69) is 10.6 Å². The molecule has 0 aliphatic heterocycles. The number of carbonyl (C=O) groups excluding carboxylic acids is 3. The number of hydrogen-bond acceptors (Lipinski definition) is 5. The maximum Gasteiger partial charge on any atom is 0.311 e. The molecule has 0 fully saturated rings. The number of nitrogens with one attached hydrogen (secondary N) is 2. The molecule has 0 unspecified atom stereocenters. The van der Waals surface area contributed by atoms with E-state index in [0.29, 0.717) is 35.7 Å². The van der Waals surface area contributed by atoms with Gasteiger partial charge < -0.3 is 15.4 Å². The van der Waals surface area contributed by atoms with Crippen LogP contribution in [0.2, 0.25) is 0 Å². The quantitative estimate of drug-likeness (QED) is 0.399. The lowest BCUT2D eigenvalue weighted by Gasteiger charge is -2.07. The van der Waals surface area contributed by atoms with E-state index in [-0.39, 0.29) is 17.8 Å². The lowest BCUT2D eigenvalue weighted by Crippen LogP contribution is -2.20. The van der Waals surface area contributed by atoms with Crippen LogP contribution in [0.5, 0.6) is 5.75 Å². The van der Waals surface area contributed by atoms with Gasteiger partial charge in [0.05, 0.1) is 4.88 Å². The lowest BCUT2D eigenvalue weighted by atomic mass is 10.2. The average Bonchev–Trinajstić information content (AvgIpc) is 3.14. The van der Waals surface area contributed by atoms with Crippen molar-refractivity contribution in [1.29, 1.82) is 0 Å². The Kier molecular flexibility index (Phi) is 7.82. The predicted molar refractivity (Wildman–Crippen MR) is 102 cm³/mol. The number of rotatable bonds is 9. The van der Waals surface area contributed by atoms with E-state index < -0.39 is 0 Å². The second kappa shape index (κ2) is 10.4. The molecule has 6 nitrogen and oxygen atoms in total. The number of benzene rings is 1. The number of carbonyl (C=O) groups is 3. The minimum atomic E-state index is -0.292. The van der Waals surface area contributed by atoms with Crippen LogP contribution in [0.15, 0.2) is 41.8 Å². The first-order valence-electron chi connectivity index (χ1n) is 8.44. The van der Waals surface area contributed by atoms with E-state index in [1.165, 1.54) is 18.3 Å². The van der Waals surface area contributed by atoms with Crippen molar-refractivity contribution in [3.63, 3.8) is 0 Å². The van der Waals surface area contributed by atoms with Crippen molar-refractivity contribution in [2.24, 2.45) is 0 Å². The molecule has 1 aromatic carbocycles. The zero-order valence-electron chi connectivity index (χ0n) is 14.6. The molecule has 0 spiro atoms. The van der Waals surface area contributed by atoms with Gasteiger partial charge in [-0.25, -0.2) is 0 Å². The van der Waals surface area contributed by atoms with Crippen LogP contribution in [0, 0.1) is 0 Å². The summed E-state index contributed by atoms with van der Waals surface area (Å²) in [6, 6.07) is 10.3. The van der Waals surface area contributed by atoms with E-state index in [1.54, 1.807) is 30.3 Å². The lowest BCUT2D eigenvalue weighted by molar-refractivity contribution is -0.134. The molecule has 0 saturated heterocycles. The maximum atomic E-state index is 12.0. The molecule has 0 radical (unpaired) electrons. The van der Waals surface area contributed by atoms with Gasteiger partial charge in [0.15, 0.2) is 0 Å². The average molecular weight is 374 g/mol. The molecule has 2 amide bonds. The van der Waals surface area contributed by atoms with Gasteiger partial charge in [-0.3, -0.25) is 14.4 Å². The highest BCUT2D eigenvalue weighted by molar-refractivity contribution is 7.12. The highest BCUT2D eigenvalue weighted by Gasteiger charge is 2.08. The van der Waals surface area contributed by atoms with Crippen molar-refractivity contribution in [3.8, 4) is 5.75 Å². The predicted octanol–water partition coefficient (Wildman–Crippen LogP) is 3.60. The van der Waals surface area contributed by atoms with Gasteiger partial charge in [0.25, 0.3) is 5.91 Å². The summed E-state index contributed by atoms with van der Waals surface area (Å²) >= 11 is 1.37. The Labute approximate surface area is 156 Å². The zero-order chi connectivity index (χ0) is 18.8. The maximum absolute atomic E-state index is 12.0. The standard InChI is InChI=1S/C19H22N2O4S/c1-14(22)20-12-4-2-3-7-18(23)25-16-10-8-15(9-11-16)21-19(24)17-6-5-13-26-17/h5-6,8-11,13H,2-4,7,12H2,1H3,(H,20,22)(H,21,24). The Morgan fingerprint density at radius 1 is 1.04 bits per heavy atom. The summed E-state index contributed by atoms with van der Waals surface area (Å²) in [4.78, 5) is 35.1. The van der Waals surface area contributed by atoms with Crippen LogP contribution in [0.1, 0.15) is 42.3 Å². The molecule has 0 saturated carbocycles. The highest BCUT2D eigenvalue weighted by atomic mass is 32.1. The van der Waals surface area contributed by atoms with Crippen molar-refractivity contribution in [3.05, 3.63) is 46.7 Å². The van der Waals surface area contributed by atoms with Gasteiger partial charge in [0, 0.05) is 25.6 Å². The molecule has 0 atom stereocenters. The van der Waals surface area contributed by atoms with Gasteiger partial charge in [-0.1, -0.05) is 12.5 Å². The number of unbranched alkanes of at least 4 members (excludes halogenated alkanes) is 2. The summed E-state index contributed by atoms with van der Waals surface area (Å²) in [5.41, 5.74) is 0.640. The fourth-order valence-electron chi connectivity index (χ4n) is 2.22. The monoisotopic (exact) mass is 374 g/mol. The van der Waals surface area contributed by atoms with Crippen LogP contribution < -0.4 is 15.4 Å². The molecule has 1 heterocycles. The Morgan fingerprint density at radius 3 is 2.46 bits per heavy atom. The second-order valence-corrected chi connectivity index (χ2v) is 6.67. The van der Waals surface area contributed by atoms with Gasteiger partial charge in [-0.05, 0) is 48.6 Å². The van der Waals surface area contributed by atoms with Crippen molar-refractivity contribution in [2.75, 3.05) is 11.9 Å². The van der Waals surface area contributed by atoms with Crippen LogP contribution in [0.3, 0.4) is 0 Å². The molecule has 26 heavy (non-hydrogen) atoms. The molecule has 7 heteroatoms. The number of ether oxygens (including phenoxy) is 1. The molecule has 138 valence electrons. The minimum Gasteiger partial charge on any atom is -0.427 e. The highest BCUT2D eigenvalue weighted by Crippen LogP contribution is 2.18. The second-order valence-electron chi connectivity index (χ2n) is 5.72. The van der Waals surface area contributed by atoms with Crippen LogP contribution in [0.4, 0.5) is 5.69 Å². The minimum absolute atomic E-state index is 0.0422. The third-order valence-electron chi connectivity index (χ3n) is 3.52. The Bertz CT molecular complexity index is 727. The van der Waals surface area contributed by atoms with Gasteiger partial charge in [-0.15, -0.1) is 11.3 Å². The third-order valence-corrected chi connectivity index (χ3v) is 4.39. The van der Waals surface area contributed by atoms with Gasteiger partial charge in [0.2, 0.25) is 5.91 Å². The first-order valence-corrected chi connectivity index (χ1v) is 9.32. The van der Waals surface area contributed by atoms with E-state index in [9.17, 15) is 14.4 Å². The third kappa shape index (κ3) is 7.06. The summed E-state index contributed by atoms with van der Waals surface area (Å²) in [5.74, 6) is -0.0503. The van der Waals surface area contributed by atoms with E-state index in [0.717, 1.165) is 12.8 Å². The Balaban J connectivity index is 1.68. The first-order chi connectivity index (χ1) is 12.5. The first kappa shape index (κ1) is 19.7. The van der Waals surface area contributed by atoms with Crippen LogP contribution in [-0.4, -0.2) is 24.3 Å². The molecule has 2 aromatic rings. The van der Waals surface area contributed by atoms with Gasteiger partial charge >= 0.3 is 5.97 Å². The van der Waals surface area contributed by atoms with E-state index >= 15 is 0 Å². The van der Waals surface area contributed by atoms with E-state index in [1.807, 2.05) is 11.4 Å². The normalized spacial score (nSPS) is 10.2. The molecule has 1 aromatic heterocycles. The van der Waals surface area contributed by atoms with E-state index in [4.69, 9.17) is 4.74 Å². The molecular formula is C19H22N2O4S. The number of hydrogen-bond donors (Lipinski definition) is 2. The molecule has 0 bridgehead atoms. The topological polar surface area (TPSA) is 84.5 Å². The summed E-state index contributed by atoms with van der Waals surface area (Å²) in [6.45, 7) is 2.11. The number of esters is 1. The van der Waals surface area contributed by atoms with Crippen molar-refractivity contribution in [1.82, 2.24) is 5.32 Å². The van der Waals surface area contributed by atoms with Crippen molar-refractivity contribution in [2.45, 2.75) is 32.6 Å². The Morgan fingerprint density at radius 2 is 1.81 bits per heavy atom. The van der Waals surface area contributed by atoms with Crippen LogP contribution in [-0.2, 0) is 9.59 Å². The zero-order valence-corrected chi connectivity index (χ0v) is 15.4. The fraction of sp³-hybridized carbons (Fsp3) is 0.316. The van der Waals surface area contributed by atoms with Crippen molar-refractivity contribution < 1.29 is 19.1 Å². The number of anilines is 1. The molecule has 0 aliphatic carbocycles. The van der Waals surface area contributed by atoms with Gasteiger partial charge in [-0.2, -0.15) is 0 Å². The summed E-state index contributed by atoms with van der Waals surface area (Å²) in [6.07, 6.45) is 2.73. The molecular weight excluding hydrogens is 352 g/mol. The molecule has 2 N–H and O–H groups in total. The van der Waals surface area contributed by atoms with Gasteiger partial charge in [0.1, 0.15) is 5.75 Å². The van der Waals surface area contributed by atoms with Crippen LogP contribution >= 0.6 is 11.3 Å². The number of thiophene rings is 1. The molecule has 2 rings (SSSR count). The fourth-order valence-corrected chi connectivity index (χ4v) is 2.84. The SMILES string of the molecule is CC(=O)NCCCCCC(=O)Oc1ccc(NC(=O)c2cccs2)cc1. The summed E-state index contributed by atoms with van der Waals surface area (Å²) in [7, 11) is 0. The Hall–Kier alpha value is -2.67. The smallest absolute Gasteiger partial charge is 0.311 e. The summed E-state index contributed by atoms with van der Waals surface area (Å²) < 4.78 is 5.27.